The number of hydrogen-bond donors (Lipinski definition) is 1. The number of carbonyl (C=O) groups excluding carboxylic acids is 2. The average molecular weight is 456 g/mol. The topological polar surface area (TPSA) is 89.6 Å². The molecule has 0 saturated carbocycles. The molecule has 2 aromatic rings. The number of hydrogen-bond acceptors (Lipinski definition) is 7. The normalized spacial score (nSPS) is 15.3. The first-order valence-corrected chi connectivity index (χ1v) is 11.0. The van der Waals surface area contributed by atoms with Gasteiger partial charge < -0.3 is 29.2 Å². The number of amides is 2. The number of ether oxygens (including phenoxy) is 4. The lowest BCUT2D eigenvalue weighted by molar-refractivity contribution is -0.132. The lowest BCUT2D eigenvalue weighted by Gasteiger charge is -2.34. The predicted octanol–water partition coefficient (Wildman–Crippen LogP) is 1.55. The first-order valence-electron chi connectivity index (χ1n) is 11.0. The van der Waals surface area contributed by atoms with Crippen molar-refractivity contribution in [1.29, 1.82) is 0 Å². The molecule has 1 fully saturated rings. The zero-order valence-corrected chi connectivity index (χ0v) is 19.0. The van der Waals surface area contributed by atoms with Gasteiger partial charge in [-0.05, 0) is 35.9 Å². The Balaban J connectivity index is 1.19. The van der Waals surface area contributed by atoms with Crippen molar-refractivity contribution in [2.75, 3.05) is 60.3 Å². The van der Waals surface area contributed by atoms with Crippen molar-refractivity contribution in [3.05, 3.63) is 47.5 Å². The number of nitrogens with one attached hydrogen (secondary N) is 1. The molecule has 2 aromatic carbocycles. The molecule has 9 nitrogen and oxygen atoms in total. The van der Waals surface area contributed by atoms with Crippen LogP contribution in [0.3, 0.4) is 0 Å². The van der Waals surface area contributed by atoms with Gasteiger partial charge in [-0.25, -0.2) is 0 Å². The van der Waals surface area contributed by atoms with Gasteiger partial charge in [-0.1, -0.05) is 6.07 Å². The van der Waals surface area contributed by atoms with Crippen molar-refractivity contribution >= 4 is 11.8 Å². The van der Waals surface area contributed by atoms with Gasteiger partial charge >= 0.3 is 0 Å². The fraction of sp³-hybridized carbons (Fsp3) is 0.417. The zero-order valence-electron chi connectivity index (χ0n) is 19.0. The van der Waals surface area contributed by atoms with Crippen molar-refractivity contribution in [3.63, 3.8) is 0 Å². The number of carbonyl (C=O) groups is 2. The number of nitrogens with zero attached hydrogens (tertiary/aromatic N) is 2. The van der Waals surface area contributed by atoms with Gasteiger partial charge in [0.25, 0.3) is 5.91 Å². The average Bonchev–Trinajstić information content (AvgIpc) is 3.32. The van der Waals surface area contributed by atoms with E-state index >= 15 is 0 Å². The SMILES string of the molecule is COc1ccc(CC(=O)N2CCN(CCNC(=O)c3ccc4c(c3)OCO4)CC2)cc1OC. The van der Waals surface area contributed by atoms with Crippen molar-refractivity contribution < 1.29 is 28.5 Å². The van der Waals surface area contributed by atoms with E-state index in [2.05, 4.69) is 10.2 Å². The summed E-state index contributed by atoms with van der Waals surface area (Å²) in [6.07, 6.45) is 0.325. The largest absolute Gasteiger partial charge is 0.493 e. The highest BCUT2D eigenvalue weighted by Gasteiger charge is 2.22. The number of rotatable bonds is 8. The molecule has 2 heterocycles. The molecule has 0 aromatic heterocycles. The van der Waals surface area contributed by atoms with E-state index in [0.29, 0.717) is 54.6 Å². The second-order valence-corrected chi connectivity index (χ2v) is 7.91. The van der Waals surface area contributed by atoms with E-state index < -0.39 is 0 Å². The van der Waals surface area contributed by atoms with Crippen molar-refractivity contribution in [1.82, 2.24) is 15.1 Å². The van der Waals surface area contributed by atoms with Crippen molar-refractivity contribution in [3.8, 4) is 23.0 Å². The summed E-state index contributed by atoms with van der Waals surface area (Å²) < 4.78 is 21.2. The van der Waals surface area contributed by atoms with E-state index in [1.54, 1.807) is 32.4 Å². The van der Waals surface area contributed by atoms with E-state index in [1.165, 1.54) is 0 Å². The van der Waals surface area contributed by atoms with E-state index in [1.807, 2.05) is 23.1 Å². The maximum absolute atomic E-state index is 12.7. The second-order valence-electron chi connectivity index (χ2n) is 7.91. The quantitative estimate of drug-likeness (QED) is 0.646. The van der Waals surface area contributed by atoms with Crippen LogP contribution in [0.1, 0.15) is 15.9 Å². The summed E-state index contributed by atoms with van der Waals surface area (Å²) in [5, 5.41) is 2.94. The zero-order chi connectivity index (χ0) is 23.2. The maximum Gasteiger partial charge on any atom is 0.251 e. The Morgan fingerprint density at radius 3 is 2.45 bits per heavy atom. The molecule has 0 aliphatic carbocycles. The Kier molecular flexibility index (Phi) is 7.19. The Labute approximate surface area is 193 Å². The van der Waals surface area contributed by atoms with Gasteiger partial charge in [-0.3, -0.25) is 14.5 Å². The van der Waals surface area contributed by atoms with Crippen LogP contribution in [-0.2, 0) is 11.2 Å². The lowest BCUT2D eigenvalue weighted by Crippen LogP contribution is -2.50. The molecule has 1 saturated heterocycles. The minimum absolute atomic E-state index is 0.0954. The molecule has 33 heavy (non-hydrogen) atoms. The first kappa shape index (κ1) is 22.7. The molecule has 176 valence electrons. The fourth-order valence-electron chi connectivity index (χ4n) is 3.97. The summed E-state index contributed by atoms with van der Waals surface area (Å²) in [7, 11) is 3.17. The van der Waals surface area contributed by atoms with Crippen molar-refractivity contribution in [2.45, 2.75) is 6.42 Å². The third-order valence-electron chi connectivity index (χ3n) is 5.88. The smallest absolute Gasteiger partial charge is 0.251 e. The van der Waals surface area contributed by atoms with Crippen LogP contribution in [0.5, 0.6) is 23.0 Å². The van der Waals surface area contributed by atoms with E-state index in [0.717, 1.165) is 25.2 Å². The number of benzene rings is 2. The van der Waals surface area contributed by atoms with Crippen LogP contribution in [0.25, 0.3) is 0 Å². The second kappa shape index (κ2) is 10.4. The third kappa shape index (κ3) is 5.48. The molecular weight excluding hydrogens is 426 g/mol. The van der Waals surface area contributed by atoms with Crippen LogP contribution in [0.15, 0.2) is 36.4 Å². The molecule has 0 spiro atoms. The molecule has 4 rings (SSSR count). The number of piperazine rings is 1. The van der Waals surface area contributed by atoms with Crippen LogP contribution >= 0.6 is 0 Å². The van der Waals surface area contributed by atoms with Crippen LogP contribution in [0.2, 0.25) is 0 Å². The maximum atomic E-state index is 12.7. The number of methoxy groups -OCH3 is 2. The van der Waals surface area contributed by atoms with Gasteiger partial charge in [0, 0.05) is 44.8 Å². The van der Waals surface area contributed by atoms with Crippen LogP contribution in [-0.4, -0.2) is 81.9 Å². The minimum atomic E-state index is -0.142. The van der Waals surface area contributed by atoms with Gasteiger partial charge in [0.1, 0.15) is 0 Å². The number of fused-ring (bicyclic) bond motifs is 1. The van der Waals surface area contributed by atoms with E-state index in [-0.39, 0.29) is 18.6 Å². The molecule has 0 unspecified atom stereocenters. The van der Waals surface area contributed by atoms with E-state index in [9.17, 15) is 9.59 Å². The Morgan fingerprint density at radius 2 is 1.70 bits per heavy atom. The molecule has 1 N–H and O–H groups in total. The summed E-state index contributed by atoms with van der Waals surface area (Å²) in [4.78, 5) is 29.3. The molecule has 2 aliphatic rings. The fourth-order valence-corrected chi connectivity index (χ4v) is 3.97. The summed E-state index contributed by atoms with van der Waals surface area (Å²) >= 11 is 0. The van der Waals surface area contributed by atoms with Gasteiger partial charge in [0.15, 0.2) is 23.0 Å². The highest BCUT2D eigenvalue weighted by molar-refractivity contribution is 5.94. The van der Waals surface area contributed by atoms with Gasteiger partial charge in [0.2, 0.25) is 12.7 Å². The third-order valence-corrected chi connectivity index (χ3v) is 5.88. The Bertz CT molecular complexity index is 1000. The molecule has 2 amide bonds. The van der Waals surface area contributed by atoms with Gasteiger partial charge in [-0.2, -0.15) is 0 Å². The van der Waals surface area contributed by atoms with Crippen LogP contribution in [0, 0.1) is 0 Å². The molecule has 0 bridgehead atoms. The molecule has 0 atom stereocenters. The lowest BCUT2D eigenvalue weighted by atomic mass is 10.1. The summed E-state index contributed by atoms with van der Waals surface area (Å²) in [6, 6.07) is 10.7. The molecule has 2 aliphatic heterocycles. The van der Waals surface area contributed by atoms with E-state index in [4.69, 9.17) is 18.9 Å². The Morgan fingerprint density at radius 1 is 0.939 bits per heavy atom. The highest BCUT2D eigenvalue weighted by atomic mass is 16.7. The molecule has 0 radical (unpaired) electrons. The first-order chi connectivity index (χ1) is 16.1. The van der Waals surface area contributed by atoms with Crippen LogP contribution < -0.4 is 24.3 Å². The monoisotopic (exact) mass is 455 g/mol. The van der Waals surface area contributed by atoms with Crippen LogP contribution in [0.4, 0.5) is 0 Å². The van der Waals surface area contributed by atoms with Gasteiger partial charge in [0.05, 0.1) is 20.6 Å². The minimum Gasteiger partial charge on any atom is -0.493 e. The summed E-state index contributed by atoms with van der Waals surface area (Å²) in [5.41, 5.74) is 1.44. The predicted molar refractivity (Wildman–Crippen MR) is 121 cm³/mol. The Hall–Kier alpha value is -3.46. The molecule has 9 heteroatoms. The van der Waals surface area contributed by atoms with Gasteiger partial charge in [-0.15, -0.1) is 0 Å². The standard InChI is InChI=1S/C24H29N3O6/c1-30-19-5-3-17(13-21(19)31-2)14-23(28)27-11-9-26(10-12-27)8-7-25-24(29)18-4-6-20-22(15-18)33-16-32-20/h3-6,13,15H,7-12,14,16H2,1-2H3,(H,25,29). The highest BCUT2D eigenvalue weighted by Crippen LogP contribution is 2.32. The molecular formula is C24H29N3O6. The summed E-state index contributed by atoms with van der Waals surface area (Å²) in [6.45, 7) is 4.34. The van der Waals surface area contributed by atoms with Crippen molar-refractivity contribution in [2.24, 2.45) is 0 Å². The summed E-state index contributed by atoms with van der Waals surface area (Å²) in [5.74, 6) is 2.47.